The van der Waals surface area contributed by atoms with Crippen LogP contribution in [0.1, 0.15) is 25.0 Å². The maximum absolute atomic E-state index is 12.6. The van der Waals surface area contributed by atoms with E-state index in [9.17, 15) is 77.8 Å². The number of hydrogen-bond acceptors (Lipinski definition) is 30. The third kappa shape index (κ3) is 21.5. The van der Waals surface area contributed by atoms with Crippen LogP contribution < -0.4 is 180 Å². The Balaban J connectivity index is 0.00000988. The number of nitrogens with zero attached hydrogens (tertiary/aromatic N) is 6. The molecule has 2 heterocycles. The van der Waals surface area contributed by atoms with Gasteiger partial charge in [-0.3, -0.25) is 0 Å². The van der Waals surface area contributed by atoms with Gasteiger partial charge in [0.25, 0.3) is 0 Å². The van der Waals surface area contributed by atoms with Crippen LogP contribution in [-0.4, -0.2) is 150 Å². The smallest absolute Gasteiger partial charge is 0.744 e. The van der Waals surface area contributed by atoms with Crippen molar-refractivity contribution in [2.24, 2.45) is 0 Å². The van der Waals surface area contributed by atoms with E-state index in [0.717, 1.165) is 36.4 Å². The molecule has 1 radical (unpaired) electrons. The van der Waals surface area contributed by atoms with Crippen LogP contribution in [-0.2, 0) is 60.7 Å². The minimum absolute atomic E-state index is 0. The number of hydrogen-bond donors (Lipinski definition) is 6. The maximum atomic E-state index is 12.6. The Labute approximate surface area is 579 Å². The predicted molar refractivity (Wildman–Crippen MR) is 249 cm³/mol. The Kier molecular flexibility index (Phi) is 30.7. The fraction of sp³-hybridized carbons (Fsp3) is 0.111. The molecule has 42 heteroatoms. The van der Waals surface area contributed by atoms with Crippen LogP contribution in [0.25, 0.3) is 12.2 Å². The van der Waals surface area contributed by atoms with E-state index >= 15 is 0 Å². The SMILES string of the molecule is CCNc1nc(Nc2ccc(/C=C/c3ccc(Nc4nc(NCC)nc(Nc5cc(S(=O)(=O)[O-])ccc5S(=O)(=O)[O-])n4)cc3S(=O)(=O)[O-])c(S(=O)(=O)[O-])c2)nc(Nc2cc(S(=O)(=O)[O-])ccc2S(=O)(=O)[O-])n1.[Na+].[Na+].[Na+].[Na+].[Na+].[Na]. The molecule has 2 aromatic heterocycles. The van der Waals surface area contributed by atoms with Gasteiger partial charge in [0.05, 0.1) is 40.7 Å². The summed E-state index contributed by atoms with van der Waals surface area (Å²) in [4.78, 5) is 18.5. The average molecular weight is 1250 g/mol. The van der Waals surface area contributed by atoms with E-state index in [1.807, 2.05) is 0 Å². The third-order valence-corrected chi connectivity index (χ3v) is 14.2. The Hall–Kier alpha value is -1.10. The fourth-order valence-electron chi connectivity index (χ4n) is 6.02. The number of anilines is 10. The van der Waals surface area contributed by atoms with Crippen molar-refractivity contribution in [1.82, 2.24) is 29.9 Å². The molecular formula is C36H30N12Na6O18S6-. The van der Waals surface area contributed by atoms with E-state index in [1.54, 1.807) is 13.8 Å². The van der Waals surface area contributed by atoms with Crippen molar-refractivity contribution in [1.29, 1.82) is 0 Å². The van der Waals surface area contributed by atoms with E-state index < -0.39 is 125 Å². The van der Waals surface area contributed by atoms with Crippen molar-refractivity contribution in [3.63, 3.8) is 0 Å². The molecule has 0 spiro atoms. The summed E-state index contributed by atoms with van der Waals surface area (Å²) in [6, 6.07) is 9.63. The molecule has 0 aliphatic heterocycles. The van der Waals surface area contributed by atoms with Gasteiger partial charge in [0.1, 0.15) is 60.7 Å². The van der Waals surface area contributed by atoms with Crippen molar-refractivity contribution in [3.8, 4) is 0 Å². The molecule has 0 fully saturated rings. The largest absolute Gasteiger partial charge is 1.00 e. The van der Waals surface area contributed by atoms with Crippen LogP contribution in [0.15, 0.2) is 102 Å². The Morgan fingerprint density at radius 1 is 0.372 bits per heavy atom. The first-order valence-corrected chi connectivity index (χ1v) is 27.8. The van der Waals surface area contributed by atoms with Crippen LogP contribution in [0.5, 0.6) is 0 Å². The van der Waals surface area contributed by atoms with Gasteiger partial charge in [0.2, 0.25) is 35.7 Å². The van der Waals surface area contributed by atoms with E-state index in [2.05, 4.69) is 61.8 Å². The fourth-order valence-corrected chi connectivity index (χ4v) is 9.64. The Morgan fingerprint density at radius 3 is 0.923 bits per heavy atom. The molecule has 0 bridgehead atoms. The van der Waals surface area contributed by atoms with Crippen LogP contribution in [0.3, 0.4) is 0 Å². The van der Waals surface area contributed by atoms with Crippen molar-refractivity contribution in [2.45, 2.75) is 43.2 Å². The van der Waals surface area contributed by atoms with Gasteiger partial charge in [-0.05, 0) is 85.6 Å². The van der Waals surface area contributed by atoms with Crippen LogP contribution in [0.2, 0.25) is 0 Å². The molecule has 0 amide bonds. The summed E-state index contributed by atoms with van der Waals surface area (Å²) in [5.41, 5.74) is -2.49. The van der Waals surface area contributed by atoms with Crippen LogP contribution in [0.4, 0.5) is 58.4 Å². The quantitative estimate of drug-likeness (QED) is 0.0235. The number of aromatic nitrogens is 6. The number of rotatable bonds is 20. The van der Waals surface area contributed by atoms with Gasteiger partial charge in [0.15, 0.2) is 0 Å². The van der Waals surface area contributed by atoms with E-state index in [0.29, 0.717) is 36.4 Å². The molecule has 385 valence electrons. The van der Waals surface area contributed by atoms with E-state index in [4.69, 9.17) is 0 Å². The summed E-state index contributed by atoms with van der Waals surface area (Å²) in [5, 5.41) is 15.3. The average Bonchev–Trinajstić information content (AvgIpc) is 3.24. The molecular weight excluding hydrogens is 1220 g/mol. The molecule has 0 atom stereocenters. The Bertz CT molecular complexity index is 3650. The number of nitrogens with one attached hydrogen (secondary N) is 6. The summed E-state index contributed by atoms with van der Waals surface area (Å²) < 4.78 is 217. The molecule has 0 aliphatic rings. The summed E-state index contributed by atoms with van der Waals surface area (Å²) in [7, 11) is -31.6. The molecule has 6 N–H and O–H groups in total. The third-order valence-electron chi connectivity index (χ3n) is 8.97. The van der Waals surface area contributed by atoms with Gasteiger partial charge in [-0.15, -0.1) is 0 Å². The van der Waals surface area contributed by atoms with Crippen molar-refractivity contribution in [3.05, 3.63) is 83.9 Å². The van der Waals surface area contributed by atoms with Crippen LogP contribution >= 0.6 is 0 Å². The topological polar surface area (TPSA) is 493 Å². The molecule has 0 saturated carbocycles. The summed E-state index contributed by atoms with van der Waals surface area (Å²) in [6.07, 6.45) is 1.96. The first-order chi connectivity index (χ1) is 33.3. The summed E-state index contributed by atoms with van der Waals surface area (Å²) in [6.45, 7) is 3.60. The molecule has 78 heavy (non-hydrogen) atoms. The summed E-state index contributed by atoms with van der Waals surface area (Å²) in [5.74, 6) is -2.37. The van der Waals surface area contributed by atoms with Gasteiger partial charge in [0, 0.05) is 54.0 Å². The minimum atomic E-state index is -5.37. The first-order valence-electron chi connectivity index (χ1n) is 19.4. The van der Waals surface area contributed by atoms with Gasteiger partial charge in [-0.2, -0.15) is 29.9 Å². The molecule has 0 aliphatic carbocycles. The first kappa shape index (κ1) is 76.9. The van der Waals surface area contributed by atoms with Gasteiger partial charge in [-0.25, -0.2) is 50.5 Å². The number of benzene rings is 4. The zero-order chi connectivity index (χ0) is 53.2. The van der Waals surface area contributed by atoms with Crippen molar-refractivity contribution in [2.75, 3.05) is 45.0 Å². The van der Waals surface area contributed by atoms with Gasteiger partial charge < -0.3 is 59.2 Å². The molecule has 4 aromatic carbocycles. The molecule has 0 saturated heterocycles. The monoisotopic (exact) mass is 1250 g/mol. The van der Waals surface area contributed by atoms with Crippen LogP contribution in [0, 0.1) is 0 Å². The minimum Gasteiger partial charge on any atom is -0.744 e. The van der Waals surface area contributed by atoms with E-state index in [1.165, 1.54) is 12.1 Å². The van der Waals surface area contributed by atoms with Gasteiger partial charge >= 0.3 is 148 Å². The zero-order valence-corrected chi connectivity index (χ0v) is 58.9. The molecule has 6 rings (SSSR count). The van der Waals surface area contributed by atoms with E-state index in [-0.39, 0.29) is 225 Å². The molecule has 6 aromatic rings. The Morgan fingerprint density at radius 2 is 0.654 bits per heavy atom. The molecule has 30 nitrogen and oxygen atoms in total. The zero-order valence-electron chi connectivity index (χ0n) is 42.0. The standard InChI is InChI=1S/C36H36N12O18S6.6Na/c1-3-37-31-43-33(47-35(45-31)41-25-17-23(67(49,50)51)11-13-27(25)69(55,56)57)39-21-9-7-19(29(15-21)71(61,62)63)5-6-20-8-10-22(16-30(20)72(64,65)66)40-34-44-32(38-4-2)46-36(48-34)42-26-18-24(68(52,53)54)12-14-28(26)70(58,59)60;;;;;;/h5-18H,3-4H2,1-2H3,(H,49,50,51)(H,52,53,54)(H,55,56,57)(H,58,59,60)(H,61,62,63)(H,64,65,66)(H3,37,39,41,43,45,47)(H3,38,40,42,44,46,48);;;;;;/q;;5*+1/p-6/b6-5+;;;;;;. The predicted octanol–water partition coefficient (Wildman–Crippen LogP) is -13.9. The molecule has 0 unspecified atom stereocenters. The second kappa shape index (κ2) is 31.2. The van der Waals surface area contributed by atoms with Crippen molar-refractivity contribution >= 4 is 161 Å². The van der Waals surface area contributed by atoms with Crippen molar-refractivity contribution < 1.29 is 226 Å². The second-order valence-corrected chi connectivity index (χ2v) is 22.2. The normalized spacial score (nSPS) is 11.6. The summed E-state index contributed by atoms with van der Waals surface area (Å²) >= 11 is 0. The second-order valence-electron chi connectivity index (χ2n) is 14.1. The van der Waals surface area contributed by atoms with Gasteiger partial charge in [-0.1, -0.05) is 24.3 Å². The maximum Gasteiger partial charge on any atom is 1.00 e.